The van der Waals surface area contributed by atoms with Crippen LogP contribution in [0.15, 0.2) is 4.52 Å². The lowest BCUT2D eigenvalue weighted by Gasteiger charge is -2.36. The zero-order chi connectivity index (χ0) is 24.2. The Morgan fingerprint density at radius 1 is 1.15 bits per heavy atom. The SMILES string of the molecule is CCOC(=O)c1c(NC(=O)[C@@H](C)N2CCN(Cc3nc(C(C)C)no3)CC2)sc2c1CCCC2. The van der Waals surface area contributed by atoms with Crippen LogP contribution in [0.4, 0.5) is 5.00 Å². The largest absolute Gasteiger partial charge is 0.462 e. The lowest BCUT2D eigenvalue weighted by molar-refractivity contribution is -0.121. The molecule has 0 aromatic carbocycles. The van der Waals surface area contributed by atoms with Gasteiger partial charge in [-0.15, -0.1) is 11.3 Å². The molecular weight excluding hydrogens is 454 g/mol. The second-order valence-corrected chi connectivity index (χ2v) is 10.4. The Bertz CT molecular complexity index is 1010. The summed E-state index contributed by atoms with van der Waals surface area (Å²) in [6.07, 6.45) is 4.00. The van der Waals surface area contributed by atoms with Crippen molar-refractivity contribution < 1.29 is 18.8 Å². The number of fused-ring (bicyclic) bond motifs is 1. The number of anilines is 1. The van der Waals surface area contributed by atoms with Gasteiger partial charge in [0.05, 0.1) is 24.8 Å². The van der Waals surface area contributed by atoms with E-state index in [1.807, 2.05) is 20.8 Å². The van der Waals surface area contributed by atoms with Crippen LogP contribution in [0.25, 0.3) is 0 Å². The Kier molecular flexibility index (Phi) is 8.00. The third-order valence-corrected chi connectivity index (χ3v) is 7.79. The van der Waals surface area contributed by atoms with Crippen molar-refractivity contribution in [1.82, 2.24) is 19.9 Å². The fraction of sp³-hybridized carbons (Fsp3) is 0.667. The Balaban J connectivity index is 1.35. The molecule has 34 heavy (non-hydrogen) atoms. The average molecular weight is 490 g/mol. The van der Waals surface area contributed by atoms with E-state index in [4.69, 9.17) is 9.26 Å². The third kappa shape index (κ3) is 5.50. The summed E-state index contributed by atoms with van der Waals surface area (Å²) < 4.78 is 10.7. The monoisotopic (exact) mass is 489 g/mol. The summed E-state index contributed by atoms with van der Waals surface area (Å²) in [5, 5.41) is 7.73. The summed E-state index contributed by atoms with van der Waals surface area (Å²) in [5.74, 6) is 1.19. The molecule has 10 heteroatoms. The molecule has 1 aliphatic heterocycles. The first kappa shape index (κ1) is 24.8. The Hall–Kier alpha value is -2.30. The second kappa shape index (κ2) is 11.0. The van der Waals surface area contributed by atoms with E-state index in [9.17, 15) is 9.59 Å². The minimum Gasteiger partial charge on any atom is -0.462 e. The van der Waals surface area contributed by atoms with Gasteiger partial charge in [0.2, 0.25) is 11.8 Å². The van der Waals surface area contributed by atoms with Crippen molar-refractivity contribution in [2.45, 2.75) is 71.9 Å². The van der Waals surface area contributed by atoms with Gasteiger partial charge in [0.1, 0.15) is 5.00 Å². The average Bonchev–Trinajstić information content (AvgIpc) is 3.43. The van der Waals surface area contributed by atoms with E-state index in [0.717, 1.165) is 63.3 Å². The number of hydrogen-bond donors (Lipinski definition) is 1. The minimum absolute atomic E-state index is 0.0870. The number of carbonyl (C=O) groups is 2. The first-order valence-electron chi connectivity index (χ1n) is 12.3. The normalized spacial score (nSPS) is 18.0. The van der Waals surface area contributed by atoms with Gasteiger partial charge in [-0.25, -0.2) is 4.79 Å². The summed E-state index contributed by atoms with van der Waals surface area (Å²) in [6.45, 7) is 11.9. The quantitative estimate of drug-likeness (QED) is 0.563. The van der Waals surface area contributed by atoms with Gasteiger partial charge in [0.15, 0.2) is 5.82 Å². The Labute approximate surface area is 204 Å². The maximum atomic E-state index is 13.2. The highest BCUT2D eigenvalue weighted by atomic mass is 32.1. The van der Waals surface area contributed by atoms with Gasteiger partial charge in [-0.1, -0.05) is 19.0 Å². The van der Waals surface area contributed by atoms with Crippen LogP contribution in [0.2, 0.25) is 0 Å². The fourth-order valence-electron chi connectivity index (χ4n) is 4.52. The maximum Gasteiger partial charge on any atom is 0.341 e. The molecule has 1 N–H and O–H groups in total. The molecule has 0 bridgehead atoms. The van der Waals surface area contributed by atoms with Crippen LogP contribution in [0.3, 0.4) is 0 Å². The van der Waals surface area contributed by atoms with Gasteiger partial charge in [0, 0.05) is 37.0 Å². The Morgan fingerprint density at radius 3 is 2.56 bits per heavy atom. The fourth-order valence-corrected chi connectivity index (χ4v) is 5.80. The molecule has 1 saturated heterocycles. The van der Waals surface area contributed by atoms with E-state index in [1.165, 1.54) is 16.2 Å². The summed E-state index contributed by atoms with van der Waals surface area (Å²) in [6, 6.07) is -0.299. The highest BCUT2D eigenvalue weighted by Gasteiger charge is 2.30. The molecule has 2 aliphatic rings. The van der Waals surface area contributed by atoms with Crippen molar-refractivity contribution in [2.24, 2.45) is 0 Å². The van der Waals surface area contributed by atoms with E-state index in [-0.39, 0.29) is 23.8 Å². The molecule has 1 fully saturated rings. The molecule has 4 rings (SSSR count). The molecule has 1 amide bonds. The summed E-state index contributed by atoms with van der Waals surface area (Å²) in [7, 11) is 0. The van der Waals surface area contributed by atoms with Crippen molar-refractivity contribution in [2.75, 3.05) is 38.1 Å². The topological polar surface area (TPSA) is 101 Å². The van der Waals surface area contributed by atoms with Crippen LogP contribution in [0.1, 0.15) is 79.0 Å². The number of thiophene rings is 1. The number of nitrogens with one attached hydrogen (secondary N) is 1. The van der Waals surface area contributed by atoms with E-state index in [1.54, 1.807) is 6.92 Å². The molecule has 2 aromatic heterocycles. The zero-order valence-electron chi connectivity index (χ0n) is 20.6. The smallest absolute Gasteiger partial charge is 0.341 e. The lowest BCUT2D eigenvalue weighted by Crippen LogP contribution is -2.52. The highest BCUT2D eigenvalue weighted by molar-refractivity contribution is 7.17. The molecule has 0 saturated carbocycles. The number of hydrogen-bond acceptors (Lipinski definition) is 9. The van der Waals surface area contributed by atoms with Crippen molar-refractivity contribution in [3.05, 3.63) is 27.7 Å². The van der Waals surface area contributed by atoms with Crippen LogP contribution in [0.5, 0.6) is 0 Å². The molecular formula is C24H35N5O4S. The molecule has 0 radical (unpaired) electrons. The number of amides is 1. The minimum atomic E-state index is -0.333. The van der Waals surface area contributed by atoms with Gasteiger partial charge in [-0.3, -0.25) is 14.6 Å². The number of esters is 1. The van der Waals surface area contributed by atoms with Crippen molar-refractivity contribution in [1.29, 1.82) is 0 Å². The summed E-state index contributed by atoms with van der Waals surface area (Å²) >= 11 is 1.53. The van der Waals surface area contributed by atoms with E-state index >= 15 is 0 Å². The number of ether oxygens (including phenoxy) is 1. The standard InChI is InChI=1S/C24H35N5O4S/c1-5-32-24(31)20-17-8-6-7-9-18(17)34-23(20)26-22(30)16(4)29-12-10-28(11-13-29)14-19-25-21(15(2)3)27-33-19/h15-16H,5-14H2,1-4H3,(H,26,30)/t16-/m1/s1. The molecule has 9 nitrogen and oxygen atoms in total. The highest BCUT2D eigenvalue weighted by Crippen LogP contribution is 2.38. The van der Waals surface area contributed by atoms with Gasteiger partial charge in [-0.05, 0) is 45.1 Å². The van der Waals surface area contributed by atoms with Crippen LogP contribution >= 0.6 is 11.3 Å². The van der Waals surface area contributed by atoms with Gasteiger partial charge in [-0.2, -0.15) is 4.98 Å². The number of piperazine rings is 1. The predicted octanol–water partition coefficient (Wildman–Crippen LogP) is 3.45. The van der Waals surface area contributed by atoms with Crippen LogP contribution in [-0.4, -0.2) is 70.6 Å². The first-order valence-corrected chi connectivity index (χ1v) is 13.1. The number of rotatable bonds is 8. The zero-order valence-corrected chi connectivity index (χ0v) is 21.4. The van der Waals surface area contributed by atoms with Gasteiger partial charge >= 0.3 is 5.97 Å². The molecule has 0 spiro atoms. The third-order valence-electron chi connectivity index (χ3n) is 6.58. The van der Waals surface area contributed by atoms with Crippen molar-refractivity contribution in [3.63, 3.8) is 0 Å². The molecule has 1 aliphatic carbocycles. The number of nitrogens with zero attached hydrogens (tertiary/aromatic N) is 4. The van der Waals surface area contributed by atoms with Crippen molar-refractivity contribution in [3.8, 4) is 0 Å². The molecule has 2 aromatic rings. The maximum absolute atomic E-state index is 13.2. The van der Waals surface area contributed by atoms with Crippen LogP contribution in [-0.2, 0) is 28.9 Å². The molecule has 186 valence electrons. The van der Waals surface area contributed by atoms with E-state index in [0.29, 0.717) is 29.6 Å². The molecule has 3 heterocycles. The number of aryl methyl sites for hydroxylation is 1. The van der Waals surface area contributed by atoms with Gasteiger partial charge < -0.3 is 14.6 Å². The first-order chi connectivity index (χ1) is 16.4. The number of carbonyl (C=O) groups excluding carboxylic acids is 2. The van der Waals surface area contributed by atoms with Gasteiger partial charge in [0.25, 0.3) is 0 Å². The summed E-state index contributed by atoms with van der Waals surface area (Å²) in [4.78, 5) is 35.9. The molecule has 0 unspecified atom stereocenters. The second-order valence-electron chi connectivity index (χ2n) is 9.31. The van der Waals surface area contributed by atoms with Crippen LogP contribution in [0, 0.1) is 0 Å². The van der Waals surface area contributed by atoms with Crippen LogP contribution < -0.4 is 5.32 Å². The van der Waals surface area contributed by atoms with Crippen molar-refractivity contribution >= 4 is 28.2 Å². The van der Waals surface area contributed by atoms with E-state index in [2.05, 4.69) is 25.3 Å². The summed E-state index contributed by atoms with van der Waals surface area (Å²) in [5.41, 5.74) is 1.63. The number of aromatic nitrogens is 2. The lowest BCUT2D eigenvalue weighted by atomic mass is 9.95. The Morgan fingerprint density at radius 2 is 1.88 bits per heavy atom. The predicted molar refractivity (Wildman–Crippen MR) is 130 cm³/mol. The van der Waals surface area contributed by atoms with E-state index < -0.39 is 0 Å². The molecule has 1 atom stereocenters.